The molecule has 0 unspecified atom stereocenters. The van der Waals surface area contributed by atoms with Crippen LogP contribution in [0.15, 0.2) is 47.5 Å². The first-order valence-corrected chi connectivity index (χ1v) is 10.3. The monoisotopic (exact) mass is 540 g/mol. The minimum Gasteiger partial charge on any atom is -0.494 e. The molecule has 170 valence electrons. The summed E-state index contributed by atoms with van der Waals surface area (Å²) in [6.45, 7) is 10.5. The number of carbonyl (C=O) groups is 1. The summed E-state index contributed by atoms with van der Waals surface area (Å²) in [5.74, 6) is 2.18. The lowest BCUT2D eigenvalue weighted by Gasteiger charge is -2.14. The fourth-order valence-electron chi connectivity index (χ4n) is 2.79. The Morgan fingerprint density at radius 1 is 1.06 bits per heavy atom. The molecular formula is C23H33IN4O3. The van der Waals surface area contributed by atoms with Gasteiger partial charge in [-0.15, -0.1) is 24.0 Å². The highest BCUT2D eigenvalue weighted by Crippen LogP contribution is 2.21. The van der Waals surface area contributed by atoms with E-state index >= 15 is 0 Å². The highest BCUT2D eigenvalue weighted by molar-refractivity contribution is 14.0. The highest BCUT2D eigenvalue weighted by Gasteiger charge is 2.05. The average molecular weight is 540 g/mol. The van der Waals surface area contributed by atoms with Gasteiger partial charge in [-0.05, 0) is 44.5 Å². The lowest BCUT2D eigenvalue weighted by Crippen LogP contribution is -2.39. The van der Waals surface area contributed by atoms with Crippen molar-refractivity contribution in [3.05, 3.63) is 53.6 Å². The van der Waals surface area contributed by atoms with Gasteiger partial charge in [0.15, 0.2) is 5.96 Å². The highest BCUT2D eigenvalue weighted by atomic mass is 127. The number of nitrogens with zero attached hydrogens (tertiary/aromatic N) is 1. The number of rotatable bonds is 10. The summed E-state index contributed by atoms with van der Waals surface area (Å²) in [7, 11) is 0. The predicted octanol–water partition coefficient (Wildman–Crippen LogP) is 4.10. The van der Waals surface area contributed by atoms with Crippen molar-refractivity contribution in [2.45, 2.75) is 34.2 Å². The van der Waals surface area contributed by atoms with Gasteiger partial charge >= 0.3 is 0 Å². The smallest absolute Gasteiger partial charge is 0.221 e. The van der Waals surface area contributed by atoms with Gasteiger partial charge in [0.2, 0.25) is 5.91 Å². The average Bonchev–Trinajstić information content (AvgIpc) is 2.70. The summed E-state index contributed by atoms with van der Waals surface area (Å²) in [6, 6.07) is 13.5. The second kappa shape index (κ2) is 14.5. The quantitative estimate of drug-likeness (QED) is 0.183. The summed E-state index contributed by atoms with van der Waals surface area (Å²) >= 11 is 0. The van der Waals surface area contributed by atoms with Crippen LogP contribution in [0.3, 0.4) is 0 Å². The van der Waals surface area contributed by atoms with Crippen LogP contribution in [0.1, 0.15) is 31.9 Å². The number of ether oxygens (including phenoxy) is 2. The van der Waals surface area contributed by atoms with E-state index in [1.807, 2.05) is 45.0 Å². The van der Waals surface area contributed by atoms with Crippen molar-refractivity contribution in [3.8, 4) is 11.5 Å². The first-order chi connectivity index (χ1) is 14.5. The lowest BCUT2D eigenvalue weighted by atomic mass is 10.1. The maximum Gasteiger partial charge on any atom is 0.221 e. The van der Waals surface area contributed by atoms with E-state index in [1.54, 1.807) is 6.07 Å². The van der Waals surface area contributed by atoms with Gasteiger partial charge in [-0.1, -0.05) is 18.2 Å². The van der Waals surface area contributed by atoms with Crippen molar-refractivity contribution in [1.82, 2.24) is 10.6 Å². The van der Waals surface area contributed by atoms with Gasteiger partial charge in [-0.25, -0.2) is 4.99 Å². The first kappa shape index (κ1) is 26.5. The van der Waals surface area contributed by atoms with E-state index in [9.17, 15) is 4.79 Å². The third-order valence-corrected chi connectivity index (χ3v) is 4.09. The van der Waals surface area contributed by atoms with Crippen LogP contribution in [-0.2, 0) is 11.3 Å². The molecule has 0 aliphatic heterocycles. The Morgan fingerprint density at radius 2 is 1.87 bits per heavy atom. The first-order valence-electron chi connectivity index (χ1n) is 10.3. The zero-order valence-electron chi connectivity index (χ0n) is 18.7. The van der Waals surface area contributed by atoms with Crippen LogP contribution in [0.25, 0.3) is 0 Å². The van der Waals surface area contributed by atoms with Crippen molar-refractivity contribution < 1.29 is 14.3 Å². The van der Waals surface area contributed by atoms with Gasteiger partial charge in [0.25, 0.3) is 0 Å². The largest absolute Gasteiger partial charge is 0.494 e. The number of hydrogen-bond acceptors (Lipinski definition) is 4. The van der Waals surface area contributed by atoms with Gasteiger partial charge in [0, 0.05) is 30.8 Å². The van der Waals surface area contributed by atoms with E-state index in [-0.39, 0.29) is 29.9 Å². The standard InChI is InChI=1S/C23H32N4O3.HI/c1-5-24-23(26-16-19-11-10-17(3)14-22(19)29-6-2)25-12-13-30-21-9-7-8-20(15-21)27-18(4)28;/h7-11,14-15H,5-6,12-13,16H2,1-4H3,(H,27,28)(H2,24,25,26);1H. The molecule has 0 aliphatic carbocycles. The van der Waals surface area contributed by atoms with E-state index in [1.165, 1.54) is 6.92 Å². The summed E-state index contributed by atoms with van der Waals surface area (Å²) in [5, 5.41) is 9.26. The van der Waals surface area contributed by atoms with Gasteiger partial charge < -0.3 is 25.4 Å². The van der Waals surface area contributed by atoms with Crippen LogP contribution in [0.2, 0.25) is 0 Å². The maximum absolute atomic E-state index is 11.2. The zero-order chi connectivity index (χ0) is 21.8. The third kappa shape index (κ3) is 9.91. The molecule has 0 heterocycles. The topological polar surface area (TPSA) is 84.0 Å². The van der Waals surface area contributed by atoms with E-state index in [4.69, 9.17) is 9.47 Å². The van der Waals surface area contributed by atoms with Crippen molar-refractivity contribution in [2.24, 2.45) is 4.99 Å². The van der Waals surface area contributed by atoms with Crippen LogP contribution < -0.4 is 25.4 Å². The molecule has 0 aromatic heterocycles. The molecule has 0 saturated carbocycles. The molecule has 7 nitrogen and oxygen atoms in total. The second-order valence-corrected chi connectivity index (χ2v) is 6.72. The van der Waals surface area contributed by atoms with Crippen LogP contribution in [-0.4, -0.2) is 38.2 Å². The van der Waals surface area contributed by atoms with Gasteiger partial charge in [0.1, 0.15) is 18.1 Å². The van der Waals surface area contributed by atoms with Crippen molar-refractivity contribution in [3.63, 3.8) is 0 Å². The van der Waals surface area contributed by atoms with Gasteiger partial charge in [0.05, 0.1) is 19.7 Å². The zero-order valence-corrected chi connectivity index (χ0v) is 21.0. The van der Waals surface area contributed by atoms with E-state index in [0.717, 1.165) is 29.4 Å². The molecule has 2 aromatic rings. The molecule has 0 fully saturated rings. The summed E-state index contributed by atoms with van der Waals surface area (Å²) in [5.41, 5.74) is 2.92. The number of guanidine groups is 1. The molecule has 0 atom stereocenters. The number of benzene rings is 2. The molecule has 0 saturated heterocycles. The Balaban J connectivity index is 0.00000480. The number of halogens is 1. The molecule has 31 heavy (non-hydrogen) atoms. The number of hydrogen-bond donors (Lipinski definition) is 3. The molecule has 0 aliphatic rings. The van der Waals surface area contributed by atoms with Crippen LogP contribution in [0.4, 0.5) is 5.69 Å². The van der Waals surface area contributed by atoms with E-state index in [2.05, 4.69) is 33.1 Å². The Hall–Kier alpha value is -2.49. The molecule has 2 aromatic carbocycles. The van der Waals surface area contributed by atoms with E-state index < -0.39 is 0 Å². The number of carbonyl (C=O) groups excluding carboxylic acids is 1. The summed E-state index contributed by atoms with van der Waals surface area (Å²) < 4.78 is 11.5. The van der Waals surface area contributed by atoms with Crippen molar-refractivity contribution >= 4 is 41.5 Å². The SMILES string of the molecule is CCNC(=NCc1ccc(C)cc1OCC)NCCOc1cccc(NC(C)=O)c1.I. The fourth-order valence-corrected chi connectivity index (χ4v) is 2.79. The normalized spacial score (nSPS) is 10.6. The number of aryl methyl sites for hydroxylation is 1. The Morgan fingerprint density at radius 3 is 2.58 bits per heavy atom. The van der Waals surface area contributed by atoms with Crippen LogP contribution in [0, 0.1) is 6.92 Å². The molecule has 3 N–H and O–H groups in total. The number of amides is 1. The third-order valence-electron chi connectivity index (χ3n) is 4.09. The summed E-state index contributed by atoms with van der Waals surface area (Å²) in [4.78, 5) is 15.8. The number of anilines is 1. The molecule has 0 radical (unpaired) electrons. The molecule has 0 spiro atoms. The number of aliphatic imine (C=N–C) groups is 1. The predicted molar refractivity (Wildman–Crippen MR) is 137 cm³/mol. The molecular weight excluding hydrogens is 507 g/mol. The van der Waals surface area contributed by atoms with Crippen LogP contribution in [0.5, 0.6) is 11.5 Å². The van der Waals surface area contributed by atoms with Crippen molar-refractivity contribution in [2.75, 3.05) is 31.6 Å². The number of nitrogens with one attached hydrogen (secondary N) is 3. The van der Waals surface area contributed by atoms with Crippen molar-refractivity contribution in [1.29, 1.82) is 0 Å². The molecule has 2 rings (SSSR count). The Bertz CT molecular complexity index is 858. The molecule has 0 bridgehead atoms. The minimum absolute atomic E-state index is 0. The Labute approximate surface area is 202 Å². The summed E-state index contributed by atoms with van der Waals surface area (Å²) in [6.07, 6.45) is 0. The second-order valence-electron chi connectivity index (χ2n) is 6.72. The van der Waals surface area contributed by atoms with Crippen LogP contribution >= 0.6 is 24.0 Å². The Kier molecular flexibility index (Phi) is 12.4. The fraction of sp³-hybridized carbons (Fsp3) is 0.391. The van der Waals surface area contributed by atoms with Gasteiger partial charge in [-0.3, -0.25) is 4.79 Å². The van der Waals surface area contributed by atoms with Gasteiger partial charge in [-0.2, -0.15) is 0 Å². The molecule has 1 amide bonds. The molecule has 8 heteroatoms. The van der Waals surface area contributed by atoms with E-state index in [0.29, 0.717) is 37.7 Å². The maximum atomic E-state index is 11.2. The minimum atomic E-state index is -0.110. The lowest BCUT2D eigenvalue weighted by molar-refractivity contribution is -0.114.